The molecule has 4 heteroatoms. The van der Waals surface area contributed by atoms with Crippen molar-refractivity contribution in [1.29, 1.82) is 0 Å². The smallest absolute Gasteiger partial charge is 0.0938 e. The first-order valence-corrected chi connectivity index (χ1v) is 6.75. The Bertz CT molecular complexity index is 532. The molecule has 19 heavy (non-hydrogen) atoms. The van der Waals surface area contributed by atoms with Crippen LogP contribution in [0, 0.1) is 0 Å². The Kier molecular flexibility index (Phi) is 4.00. The molecule has 0 saturated heterocycles. The van der Waals surface area contributed by atoms with Crippen LogP contribution in [0.15, 0.2) is 30.6 Å². The maximum Gasteiger partial charge on any atom is 0.0938 e. The van der Waals surface area contributed by atoms with Crippen LogP contribution in [0.25, 0.3) is 0 Å². The van der Waals surface area contributed by atoms with Gasteiger partial charge in [0.05, 0.1) is 11.3 Å². The van der Waals surface area contributed by atoms with Crippen LogP contribution in [-0.2, 0) is 25.0 Å². The third-order valence-electron chi connectivity index (χ3n) is 3.38. The summed E-state index contributed by atoms with van der Waals surface area (Å²) in [6.45, 7) is 6.79. The summed E-state index contributed by atoms with van der Waals surface area (Å²) in [6.07, 6.45) is 4.88. The molecule has 102 valence electrons. The van der Waals surface area contributed by atoms with Crippen molar-refractivity contribution in [2.45, 2.75) is 45.8 Å². The van der Waals surface area contributed by atoms with Gasteiger partial charge in [0.15, 0.2) is 0 Å². The number of pyridine rings is 1. The van der Waals surface area contributed by atoms with Crippen molar-refractivity contribution in [3.8, 4) is 0 Å². The Balaban J connectivity index is 2.27. The minimum atomic E-state index is -0.924. The van der Waals surface area contributed by atoms with E-state index >= 15 is 0 Å². The average molecular weight is 259 g/mol. The summed E-state index contributed by atoms with van der Waals surface area (Å²) in [4.78, 5) is 4.07. The first-order valence-electron chi connectivity index (χ1n) is 6.75. The summed E-state index contributed by atoms with van der Waals surface area (Å²) in [6, 6.07) is 5.83. The maximum atomic E-state index is 10.7. The molecule has 0 amide bonds. The number of nitrogens with zero attached hydrogens (tertiary/aromatic N) is 3. The van der Waals surface area contributed by atoms with E-state index in [0.29, 0.717) is 6.42 Å². The van der Waals surface area contributed by atoms with E-state index in [1.54, 1.807) is 12.4 Å². The molecule has 0 spiro atoms. The lowest BCUT2D eigenvalue weighted by Crippen LogP contribution is -2.26. The zero-order chi connectivity index (χ0) is 13.9. The van der Waals surface area contributed by atoms with E-state index < -0.39 is 5.60 Å². The zero-order valence-corrected chi connectivity index (χ0v) is 11.8. The quantitative estimate of drug-likeness (QED) is 0.896. The molecular weight excluding hydrogens is 238 g/mol. The normalized spacial score (nSPS) is 14.3. The summed E-state index contributed by atoms with van der Waals surface area (Å²) in [7, 11) is 0. The van der Waals surface area contributed by atoms with Gasteiger partial charge in [-0.25, -0.2) is 0 Å². The topological polar surface area (TPSA) is 50.9 Å². The molecule has 0 radical (unpaired) electrons. The molecule has 1 N–H and O–H groups in total. The molecule has 0 saturated carbocycles. The van der Waals surface area contributed by atoms with E-state index in [9.17, 15) is 5.11 Å². The van der Waals surface area contributed by atoms with Crippen molar-refractivity contribution in [3.63, 3.8) is 0 Å². The van der Waals surface area contributed by atoms with Crippen LogP contribution in [0.4, 0.5) is 0 Å². The molecule has 1 atom stereocenters. The number of aromatic nitrogens is 3. The minimum absolute atomic E-state index is 0.541. The molecule has 0 aliphatic heterocycles. The molecule has 2 aromatic rings. The highest BCUT2D eigenvalue weighted by atomic mass is 16.3. The van der Waals surface area contributed by atoms with E-state index in [0.717, 1.165) is 29.9 Å². The Morgan fingerprint density at radius 1 is 1.37 bits per heavy atom. The fourth-order valence-corrected chi connectivity index (χ4v) is 2.24. The monoisotopic (exact) mass is 259 g/mol. The average Bonchev–Trinajstić information content (AvgIpc) is 2.81. The van der Waals surface area contributed by atoms with E-state index in [4.69, 9.17) is 0 Å². The number of hydrogen-bond donors (Lipinski definition) is 1. The van der Waals surface area contributed by atoms with Gasteiger partial charge in [0.25, 0.3) is 0 Å². The largest absolute Gasteiger partial charge is 0.385 e. The van der Waals surface area contributed by atoms with Crippen molar-refractivity contribution in [3.05, 3.63) is 47.5 Å². The van der Waals surface area contributed by atoms with E-state index in [2.05, 4.69) is 30.0 Å². The van der Waals surface area contributed by atoms with Gasteiger partial charge in [-0.1, -0.05) is 13.0 Å². The highest BCUT2D eigenvalue weighted by molar-refractivity contribution is 5.21. The van der Waals surface area contributed by atoms with Crippen molar-refractivity contribution < 1.29 is 5.11 Å². The van der Waals surface area contributed by atoms with Crippen LogP contribution in [0.3, 0.4) is 0 Å². The molecule has 0 aliphatic rings. The summed E-state index contributed by atoms with van der Waals surface area (Å²) in [5.41, 5.74) is 2.04. The Morgan fingerprint density at radius 3 is 2.74 bits per heavy atom. The van der Waals surface area contributed by atoms with Crippen LogP contribution in [-0.4, -0.2) is 19.9 Å². The number of aliphatic hydroxyl groups is 1. The van der Waals surface area contributed by atoms with Gasteiger partial charge in [-0.3, -0.25) is 9.67 Å². The Hall–Kier alpha value is -1.68. The third kappa shape index (κ3) is 3.01. The zero-order valence-electron chi connectivity index (χ0n) is 11.8. The first-order chi connectivity index (χ1) is 9.06. The van der Waals surface area contributed by atoms with E-state index in [1.807, 2.05) is 23.7 Å². The minimum Gasteiger partial charge on any atom is -0.385 e. The molecule has 0 bridgehead atoms. The van der Waals surface area contributed by atoms with Gasteiger partial charge in [-0.05, 0) is 32.4 Å². The van der Waals surface area contributed by atoms with Crippen molar-refractivity contribution in [1.82, 2.24) is 14.8 Å². The second kappa shape index (κ2) is 5.53. The summed E-state index contributed by atoms with van der Waals surface area (Å²) in [5, 5.41) is 15.2. The van der Waals surface area contributed by atoms with Crippen LogP contribution in [0.1, 0.15) is 37.7 Å². The summed E-state index contributed by atoms with van der Waals surface area (Å²) >= 11 is 0. The van der Waals surface area contributed by atoms with E-state index in [-0.39, 0.29) is 0 Å². The van der Waals surface area contributed by atoms with Gasteiger partial charge in [0.1, 0.15) is 0 Å². The highest BCUT2D eigenvalue weighted by Gasteiger charge is 2.25. The molecule has 0 fully saturated rings. The molecule has 0 aliphatic carbocycles. The lowest BCUT2D eigenvalue weighted by Gasteiger charge is -2.23. The first kappa shape index (κ1) is 13.7. The van der Waals surface area contributed by atoms with Gasteiger partial charge in [-0.2, -0.15) is 5.10 Å². The van der Waals surface area contributed by atoms with Crippen LogP contribution in [0.2, 0.25) is 0 Å². The van der Waals surface area contributed by atoms with Crippen LogP contribution >= 0.6 is 0 Å². The van der Waals surface area contributed by atoms with Gasteiger partial charge in [0.2, 0.25) is 0 Å². The number of rotatable bonds is 5. The maximum absolute atomic E-state index is 10.7. The van der Waals surface area contributed by atoms with Gasteiger partial charge < -0.3 is 5.11 Å². The predicted molar refractivity (Wildman–Crippen MR) is 74.8 cm³/mol. The highest BCUT2D eigenvalue weighted by Crippen LogP contribution is 2.25. The SMILES string of the molecule is CCc1cc(CC(C)(O)c2cccnc2)n(CC)n1. The van der Waals surface area contributed by atoms with Gasteiger partial charge >= 0.3 is 0 Å². The molecule has 2 heterocycles. The molecule has 2 rings (SSSR count). The third-order valence-corrected chi connectivity index (χ3v) is 3.38. The molecular formula is C15H21N3O. The molecule has 4 nitrogen and oxygen atoms in total. The Morgan fingerprint density at radius 2 is 2.16 bits per heavy atom. The van der Waals surface area contributed by atoms with Crippen LogP contribution in [0.5, 0.6) is 0 Å². The fraction of sp³-hybridized carbons (Fsp3) is 0.467. The molecule has 2 aromatic heterocycles. The fourth-order valence-electron chi connectivity index (χ4n) is 2.24. The van der Waals surface area contributed by atoms with Crippen LogP contribution < -0.4 is 0 Å². The summed E-state index contributed by atoms with van der Waals surface area (Å²) < 4.78 is 1.96. The second-order valence-electron chi connectivity index (χ2n) is 4.99. The van der Waals surface area contributed by atoms with Gasteiger partial charge in [0, 0.05) is 36.6 Å². The van der Waals surface area contributed by atoms with Gasteiger partial charge in [-0.15, -0.1) is 0 Å². The second-order valence-corrected chi connectivity index (χ2v) is 4.99. The van der Waals surface area contributed by atoms with Crippen molar-refractivity contribution in [2.24, 2.45) is 0 Å². The standard InChI is InChI=1S/C15H21N3O/c1-4-13-9-14(18(5-2)17-13)10-15(3,19)12-7-6-8-16-11-12/h6-9,11,19H,4-5,10H2,1-3H3. The number of hydrogen-bond acceptors (Lipinski definition) is 3. The lowest BCUT2D eigenvalue weighted by molar-refractivity contribution is 0.0550. The van der Waals surface area contributed by atoms with Crippen molar-refractivity contribution in [2.75, 3.05) is 0 Å². The van der Waals surface area contributed by atoms with E-state index in [1.165, 1.54) is 0 Å². The number of aryl methyl sites for hydroxylation is 2. The van der Waals surface area contributed by atoms with Crippen molar-refractivity contribution >= 4 is 0 Å². The Labute approximate surface area is 114 Å². The predicted octanol–water partition coefficient (Wildman–Crippen LogP) is 2.31. The molecule has 1 unspecified atom stereocenters. The lowest BCUT2D eigenvalue weighted by atomic mass is 9.92. The molecule has 0 aromatic carbocycles. The summed E-state index contributed by atoms with van der Waals surface area (Å²) in [5.74, 6) is 0.